The Kier molecular flexibility index (Phi) is 5.67. The zero-order valence-corrected chi connectivity index (χ0v) is 13.1. The van der Waals surface area contributed by atoms with Crippen LogP contribution in [0.15, 0.2) is 36.7 Å². The number of benzene rings is 1. The van der Waals surface area contributed by atoms with Crippen molar-refractivity contribution in [2.45, 2.75) is 6.54 Å². The Labute approximate surface area is 137 Å². The first-order chi connectivity index (χ1) is 11.5. The van der Waals surface area contributed by atoms with Gasteiger partial charge in [0.05, 0.1) is 26.0 Å². The Balaban J connectivity index is 1.95. The van der Waals surface area contributed by atoms with Crippen molar-refractivity contribution in [1.82, 2.24) is 15.6 Å². The predicted molar refractivity (Wildman–Crippen MR) is 83.4 cm³/mol. The van der Waals surface area contributed by atoms with Crippen LogP contribution >= 0.6 is 0 Å². The average Bonchev–Trinajstić information content (AvgIpc) is 2.59. The number of aromatic nitrogens is 1. The monoisotopic (exact) mass is 333 g/mol. The average molecular weight is 333 g/mol. The minimum absolute atomic E-state index is 0.0489. The number of carbonyl (C=O) groups excluding carboxylic acids is 2. The van der Waals surface area contributed by atoms with Crippen LogP contribution in [-0.4, -0.2) is 31.1 Å². The van der Waals surface area contributed by atoms with E-state index in [0.717, 1.165) is 18.5 Å². The summed E-state index contributed by atoms with van der Waals surface area (Å²) in [7, 11) is 3.03. The maximum Gasteiger partial charge on any atom is 0.321 e. The lowest BCUT2D eigenvalue weighted by Crippen LogP contribution is -2.39. The van der Waals surface area contributed by atoms with E-state index in [1.807, 2.05) is 0 Å². The first-order valence-electron chi connectivity index (χ1n) is 6.94. The summed E-state index contributed by atoms with van der Waals surface area (Å²) in [6, 6.07) is 5.40. The Morgan fingerprint density at radius 2 is 1.96 bits per heavy atom. The molecule has 0 unspecified atom stereocenters. The Hall–Kier alpha value is -3.16. The number of methoxy groups -OCH3 is 2. The van der Waals surface area contributed by atoms with Crippen LogP contribution in [-0.2, 0) is 6.54 Å². The van der Waals surface area contributed by atoms with Crippen LogP contribution in [0.2, 0.25) is 0 Å². The molecule has 0 spiro atoms. The number of nitrogens with one attached hydrogen (secondary N) is 2. The Morgan fingerprint density at radius 1 is 1.17 bits per heavy atom. The quantitative estimate of drug-likeness (QED) is 0.872. The summed E-state index contributed by atoms with van der Waals surface area (Å²) in [6.07, 6.45) is 2.13. The summed E-state index contributed by atoms with van der Waals surface area (Å²) in [6.45, 7) is 0.133. The molecule has 0 aliphatic rings. The second-order valence-electron chi connectivity index (χ2n) is 4.71. The van der Waals surface area contributed by atoms with Gasteiger partial charge in [0.1, 0.15) is 17.3 Å². The molecule has 0 atom stereocenters. The van der Waals surface area contributed by atoms with Gasteiger partial charge in [-0.2, -0.15) is 0 Å². The molecule has 24 heavy (non-hydrogen) atoms. The van der Waals surface area contributed by atoms with Gasteiger partial charge in [0.15, 0.2) is 0 Å². The highest BCUT2D eigenvalue weighted by molar-refractivity contribution is 6.03. The lowest BCUT2D eigenvalue weighted by molar-refractivity contribution is 0.0963. The van der Waals surface area contributed by atoms with E-state index in [1.54, 1.807) is 18.2 Å². The van der Waals surface area contributed by atoms with Crippen molar-refractivity contribution >= 4 is 11.9 Å². The third-order valence-electron chi connectivity index (χ3n) is 3.13. The topological polar surface area (TPSA) is 89.6 Å². The fourth-order valence-corrected chi connectivity index (χ4v) is 1.93. The van der Waals surface area contributed by atoms with E-state index >= 15 is 0 Å². The van der Waals surface area contributed by atoms with Crippen molar-refractivity contribution in [3.63, 3.8) is 0 Å². The Bertz CT molecular complexity index is 752. The molecule has 0 aliphatic carbocycles. The summed E-state index contributed by atoms with van der Waals surface area (Å²) >= 11 is 0. The normalized spacial score (nSPS) is 9.96. The molecular weight excluding hydrogens is 317 g/mol. The maximum atomic E-state index is 13.0. The van der Waals surface area contributed by atoms with Crippen LogP contribution in [0, 0.1) is 5.82 Å². The third-order valence-corrected chi connectivity index (χ3v) is 3.13. The van der Waals surface area contributed by atoms with E-state index in [4.69, 9.17) is 9.47 Å². The largest absolute Gasteiger partial charge is 0.497 e. The van der Waals surface area contributed by atoms with Gasteiger partial charge in [0.25, 0.3) is 5.91 Å². The fourth-order valence-electron chi connectivity index (χ4n) is 1.93. The molecule has 126 valence electrons. The van der Waals surface area contributed by atoms with Gasteiger partial charge >= 0.3 is 6.03 Å². The number of pyridine rings is 1. The SMILES string of the molecule is COc1ccc(CNC(=O)NC(=O)c2cncc(F)c2)c(OC)c1. The molecule has 0 aliphatic heterocycles. The number of hydrogen-bond donors (Lipinski definition) is 2. The van der Waals surface area contributed by atoms with Crippen molar-refractivity contribution < 1.29 is 23.5 Å². The standard InChI is InChI=1S/C16H16FN3O4/c1-23-13-4-3-10(14(6-13)24-2)8-19-16(22)20-15(21)11-5-12(17)9-18-7-11/h3-7,9H,8H2,1-2H3,(H2,19,20,21,22). The smallest absolute Gasteiger partial charge is 0.321 e. The second kappa shape index (κ2) is 7.91. The lowest BCUT2D eigenvalue weighted by Gasteiger charge is -2.11. The molecule has 0 saturated heterocycles. The third kappa shape index (κ3) is 4.42. The number of urea groups is 1. The number of nitrogens with zero attached hydrogens (tertiary/aromatic N) is 1. The second-order valence-corrected chi connectivity index (χ2v) is 4.71. The molecule has 0 bridgehead atoms. The molecule has 8 heteroatoms. The summed E-state index contributed by atoms with van der Waals surface area (Å²) in [4.78, 5) is 27.1. The first kappa shape index (κ1) is 17.2. The molecule has 1 heterocycles. The minimum Gasteiger partial charge on any atom is -0.497 e. The summed E-state index contributed by atoms with van der Waals surface area (Å²) in [5.74, 6) is -0.253. The molecule has 0 saturated carbocycles. The molecule has 2 rings (SSSR count). The number of rotatable bonds is 5. The van der Waals surface area contributed by atoms with Crippen LogP contribution in [0.1, 0.15) is 15.9 Å². The van der Waals surface area contributed by atoms with Gasteiger partial charge in [-0.25, -0.2) is 9.18 Å². The van der Waals surface area contributed by atoms with Crippen LogP contribution in [0.4, 0.5) is 9.18 Å². The van der Waals surface area contributed by atoms with Gasteiger partial charge in [-0.05, 0) is 18.2 Å². The van der Waals surface area contributed by atoms with Gasteiger partial charge in [-0.3, -0.25) is 15.1 Å². The molecule has 3 amide bonds. The van der Waals surface area contributed by atoms with Crippen molar-refractivity contribution in [2.75, 3.05) is 14.2 Å². The molecule has 0 radical (unpaired) electrons. The molecule has 7 nitrogen and oxygen atoms in total. The van der Waals surface area contributed by atoms with Crippen LogP contribution in [0.3, 0.4) is 0 Å². The highest BCUT2D eigenvalue weighted by atomic mass is 19.1. The molecule has 1 aromatic heterocycles. The zero-order valence-electron chi connectivity index (χ0n) is 13.1. The van der Waals surface area contributed by atoms with Crippen molar-refractivity contribution in [2.24, 2.45) is 0 Å². The summed E-state index contributed by atoms with van der Waals surface area (Å²) in [5, 5.41) is 4.61. The number of imide groups is 1. The number of ether oxygens (including phenoxy) is 2. The van der Waals surface area contributed by atoms with Crippen molar-refractivity contribution in [1.29, 1.82) is 0 Å². The Morgan fingerprint density at radius 3 is 2.62 bits per heavy atom. The molecular formula is C16H16FN3O4. The van der Waals surface area contributed by atoms with E-state index in [2.05, 4.69) is 15.6 Å². The first-order valence-corrected chi connectivity index (χ1v) is 6.94. The van der Waals surface area contributed by atoms with E-state index < -0.39 is 17.8 Å². The highest BCUT2D eigenvalue weighted by Crippen LogP contribution is 2.24. The number of carbonyl (C=O) groups is 2. The predicted octanol–water partition coefficient (Wildman–Crippen LogP) is 1.88. The van der Waals surface area contributed by atoms with E-state index in [-0.39, 0.29) is 12.1 Å². The lowest BCUT2D eigenvalue weighted by atomic mass is 10.2. The number of halogens is 1. The van der Waals surface area contributed by atoms with Crippen molar-refractivity contribution in [3.05, 3.63) is 53.6 Å². The summed E-state index contributed by atoms with van der Waals surface area (Å²) < 4.78 is 23.3. The van der Waals surface area contributed by atoms with Gasteiger partial charge in [-0.15, -0.1) is 0 Å². The van der Waals surface area contributed by atoms with Crippen molar-refractivity contribution in [3.8, 4) is 11.5 Å². The van der Waals surface area contributed by atoms with Gasteiger partial charge < -0.3 is 14.8 Å². The number of hydrogen-bond acceptors (Lipinski definition) is 5. The fraction of sp³-hybridized carbons (Fsp3) is 0.188. The molecule has 2 aromatic rings. The van der Waals surface area contributed by atoms with E-state index in [0.29, 0.717) is 17.1 Å². The highest BCUT2D eigenvalue weighted by Gasteiger charge is 2.12. The van der Waals surface area contributed by atoms with E-state index in [9.17, 15) is 14.0 Å². The minimum atomic E-state index is -0.749. The van der Waals surface area contributed by atoms with Gasteiger partial charge in [-0.1, -0.05) is 0 Å². The van der Waals surface area contributed by atoms with Crippen LogP contribution < -0.4 is 20.1 Å². The van der Waals surface area contributed by atoms with Crippen LogP contribution in [0.5, 0.6) is 11.5 Å². The number of amides is 3. The van der Waals surface area contributed by atoms with Crippen LogP contribution in [0.25, 0.3) is 0 Å². The maximum absolute atomic E-state index is 13.0. The van der Waals surface area contributed by atoms with Gasteiger partial charge in [0.2, 0.25) is 0 Å². The summed E-state index contributed by atoms with van der Waals surface area (Å²) in [5.41, 5.74) is 0.653. The van der Waals surface area contributed by atoms with E-state index in [1.165, 1.54) is 14.2 Å². The zero-order chi connectivity index (χ0) is 17.5. The molecule has 2 N–H and O–H groups in total. The molecule has 1 aromatic carbocycles. The molecule has 0 fully saturated rings. The van der Waals surface area contributed by atoms with Gasteiger partial charge in [0, 0.05) is 24.4 Å².